The zero-order chi connectivity index (χ0) is 15.0. The number of hydrogen-bond acceptors (Lipinski definition) is 4. The van der Waals surface area contributed by atoms with Crippen molar-refractivity contribution >= 4 is 29.0 Å². The third kappa shape index (κ3) is 6.25. The van der Waals surface area contributed by atoms with E-state index in [-0.39, 0.29) is 24.1 Å². The molecule has 0 saturated heterocycles. The predicted molar refractivity (Wildman–Crippen MR) is 82.3 cm³/mol. The molecule has 112 valence electrons. The smallest absolute Gasteiger partial charge is 0.224 e. The van der Waals surface area contributed by atoms with Crippen LogP contribution >= 0.6 is 11.8 Å². The van der Waals surface area contributed by atoms with Gasteiger partial charge in [0, 0.05) is 13.0 Å². The second kappa shape index (κ2) is 8.81. The number of hydrogen-bond donors (Lipinski definition) is 3. The van der Waals surface area contributed by atoms with Crippen molar-refractivity contribution in [2.75, 3.05) is 29.2 Å². The number of nitrogen functional groups attached to an aromatic ring is 1. The number of carbonyl (C=O) groups excluding carboxylic acids is 1. The highest BCUT2D eigenvalue weighted by atomic mass is 32.2. The first-order valence-corrected chi connectivity index (χ1v) is 7.72. The number of benzene rings is 1. The number of nitrogens with two attached hydrogens (primary N) is 1. The largest absolute Gasteiger partial charge is 0.397 e. The molecule has 1 amide bonds. The normalized spacial score (nSPS) is 12.2. The van der Waals surface area contributed by atoms with Crippen LogP contribution < -0.4 is 11.1 Å². The van der Waals surface area contributed by atoms with E-state index in [4.69, 9.17) is 10.8 Å². The van der Waals surface area contributed by atoms with Crippen molar-refractivity contribution in [3.8, 4) is 0 Å². The standard InChI is InChI=1S/C14H21FN2O2S/c1-10(8-18)9-20-6-2-3-14(19)17-13-5-4-11(15)7-12(13)16/h4-5,7,10,18H,2-3,6,8-9,16H2,1H3,(H,17,19). The van der Waals surface area contributed by atoms with Crippen LogP contribution in [0.1, 0.15) is 19.8 Å². The molecule has 0 aromatic heterocycles. The zero-order valence-electron chi connectivity index (χ0n) is 11.6. The molecule has 20 heavy (non-hydrogen) atoms. The summed E-state index contributed by atoms with van der Waals surface area (Å²) >= 11 is 1.73. The SMILES string of the molecule is CC(CO)CSCCCC(=O)Nc1ccc(F)cc1N. The molecule has 1 rings (SSSR count). The maximum atomic E-state index is 12.9. The molecule has 4 nitrogen and oxygen atoms in total. The van der Waals surface area contributed by atoms with Crippen LogP contribution in [-0.4, -0.2) is 29.1 Å². The van der Waals surface area contributed by atoms with E-state index in [1.54, 1.807) is 11.8 Å². The Balaban J connectivity index is 2.23. The molecule has 0 aliphatic carbocycles. The third-order valence-corrected chi connectivity index (χ3v) is 4.08. The van der Waals surface area contributed by atoms with Gasteiger partial charge in [0.2, 0.25) is 5.91 Å². The number of anilines is 2. The van der Waals surface area contributed by atoms with Crippen LogP contribution in [0.3, 0.4) is 0 Å². The first-order valence-electron chi connectivity index (χ1n) is 6.56. The third-order valence-electron chi connectivity index (χ3n) is 2.69. The van der Waals surface area contributed by atoms with Gasteiger partial charge in [0.15, 0.2) is 0 Å². The maximum absolute atomic E-state index is 12.9. The minimum atomic E-state index is -0.421. The quantitative estimate of drug-likeness (QED) is 0.509. The van der Waals surface area contributed by atoms with E-state index in [9.17, 15) is 9.18 Å². The van der Waals surface area contributed by atoms with E-state index >= 15 is 0 Å². The van der Waals surface area contributed by atoms with Gasteiger partial charge in [0.1, 0.15) is 5.82 Å². The van der Waals surface area contributed by atoms with Crippen molar-refractivity contribution in [1.82, 2.24) is 0 Å². The van der Waals surface area contributed by atoms with Gasteiger partial charge in [-0.15, -0.1) is 0 Å². The molecule has 6 heteroatoms. The van der Waals surface area contributed by atoms with E-state index < -0.39 is 5.82 Å². The van der Waals surface area contributed by atoms with E-state index in [0.29, 0.717) is 12.1 Å². The fraction of sp³-hybridized carbons (Fsp3) is 0.500. The summed E-state index contributed by atoms with van der Waals surface area (Å²) in [5.74, 6) is 1.50. The Morgan fingerprint density at radius 1 is 1.55 bits per heavy atom. The first-order chi connectivity index (χ1) is 9.52. The van der Waals surface area contributed by atoms with Crippen molar-refractivity contribution in [3.05, 3.63) is 24.0 Å². The van der Waals surface area contributed by atoms with Crippen LogP contribution in [0.4, 0.5) is 15.8 Å². The second-order valence-electron chi connectivity index (χ2n) is 4.75. The van der Waals surface area contributed by atoms with Crippen LogP contribution in [-0.2, 0) is 4.79 Å². The molecular formula is C14H21FN2O2S. The minimum Gasteiger partial charge on any atom is -0.397 e. The van der Waals surface area contributed by atoms with Gasteiger partial charge >= 0.3 is 0 Å². The van der Waals surface area contributed by atoms with Gasteiger partial charge in [0.25, 0.3) is 0 Å². The minimum absolute atomic E-state index is 0.126. The summed E-state index contributed by atoms with van der Waals surface area (Å²) in [5.41, 5.74) is 6.28. The van der Waals surface area contributed by atoms with Gasteiger partial charge < -0.3 is 16.2 Å². The number of amides is 1. The summed E-state index contributed by atoms with van der Waals surface area (Å²) in [6.45, 7) is 2.17. The molecular weight excluding hydrogens is 279 g/mol. The van der Waals surface area contributed by atoms with Gasteiger partial charge in [-0.2, -0.15) is 11.8 Å². The average molecular weight is 300 g/mol. The molecule has 0 bridgehead atoms. The van der Waals surface area contributed by atoms with E-state index in [1.807, 2.05) is 6.92 Å². The summed E-state index contributed by atoms with van der Waals surface area (Å²) in [6, 6.07) is 3.90. The first kappa shape index (κ1) is 16.8. The highest BCUT2D eigenvalue weighted by molar-refractivity contribution is 7.99. The van der Waals surface area contributed by atoms with Crippen molar-refractivity contribution in [1.29, 1.82) is 0 Å². The van der Waals surface area contributed by atoms with E-state index in [2.05, 4.69) is 5.32 Å². The molecule has 4 N–H and O–H groups in total. The Labute approximate surface area is 122 Å². The molecule has 1 aromatic rings. The van der Waals surface area contributed by atoms with Crippen molar-refractivity contribution in [2.24, 2.45) is 5.92 Å². The molecule has 0 aliphatic heterocycles. The van der Waals surface area contributed by atoms with Crippen LogP contribution in [0.25, 0.3) is 0 Å². The molecule has 1 unspecified atom stereocenters. The number of aliphatic hydroxyl groups is 1. The Morgan fingerprint density at radius 2 is 2.30 bits per heavy atom. The van der Waals surface area contributed by atoms with Crippen LogP contribution in [0.5, 0.6) is 0 Å². The van der Waals surface area contributed by atoms with Crippen molar-refractivity contribution in [3.63, 3.8) is 0 Å². The van der Waals surface area contributed by atoms with Gasteiger partial charge in [0.05, 0.1) is 11.4 Å². The fourth-order valence-corrected chi connectivity index (χ4v) is 2.56. The molecule has 1 aromatic carbocycles. The van der Waals surface area contributed by atoms with Gasteiger partial charge in [-0.05, 0) is 42.0 Å². The number of nitrogens with one attached hydrogen (secondary N) is 1. The van der Waals surface area contributed by atoms with Crippen LogP contribution in [0, 0.1) is 11.7 Å². The summed E-state index contributed by atoms with van der Waals surface area (Å²) in [5, 5.41) is 11.5. The number of rotatable bonds is 8. The monoisotopic (exact) mass is 300 g/mol. The number of halogens is 1. The zero-order valence-corrected chi connectivity index (χ0v) is 12.4. The van der Waals surface area contributed by atoms with Crippen molar-refractivity contribution < 1.29 is 14.3 Å². The second-order valence-corrected chi connectivity index (χ2v) is 5.90. The van der Waals surface area contributed by atoms with Gasteiger partial charge in [-0.1, -0.05) is 6.92 Å². The topological polar surface area (TPSA) is 75.3 Å². The number of carbonyl (C=O) groups is 1. The highest BCUT2D eigenvalue weighted by Crippen LogP contribution is 2.19. The molecule has 1 atom stereocenters. The highest BCUT2D eigenvalue weighted by Gasteiger charge is 2.06. The lowest BCUT2D eigenvalue weighted by Crippen LogP contribution is -2.13. The van der Waals surface area contributed by atoms with Crippen LogP contribution in [0.2, 0.25) is 0 Å². The fourth-order valence-electron chi connectivity index (χ4n) is 1.53. The average Bonchev–Trinajstić information content (AvgIpc) is 2.41. The Morgan fingerprint density at radius 3 is 2.95 bits per heavy atom. The molecule has 0 fully saturated rings. The maximum Gasteiger partial charge on any atom is 0.224 e. The molecule has 0 spiro atoms. The Hall–Kier alpha value is -1.27. The predicted octanol–water partition coefficient (Wildman–Crippen LogP) is 2.49. The van der Waals surface area contributed by atoms with Crippen LogP contribution in [0.15, 0.2) is 18.2 Å². The van der Waals surface area contributed by atoms with Gasteiger partial charge in [-0.25, -0.2) is 4.39 Å². The summed E-state index contributed by atoms with van der Waals surface area (Å²) in [6.07, 6.45) is 1.16. The van der Waals surface area contributed by atoms with Crippen molar-refractivity contribution in [2.45, 2.75) is 19.8 Å². The number of thioether (sulfide) groups is 1. The van der Waals surface area contributed by atoms with E-state index in [0.717, 1.165) is 17.9 Å². The lowest BCUT2D eigenvalue weighted by molar-refractivity contribution is -0.116. The molecule has 0 saturated carbocycles. The summed E-state index contributed by atoms with van der Waals surface area (Å²) in [4.78, 5) is 11.7. The molecule has 0 aliphatic rings. The summed E-state index contributed by atoms with van der Waals surface area (Å²) in [7, 11) is 0. The molecule has 0 radical (unpaired) electrons. The lowest BCUT2D eigenvalue weighted by Gasteiger charge is -2.09. The lowest BCUT2D eigenvalue weighted by atomic mass is 10.2. The Kier molecular flexibility index (Phi) is 7.40. The van der Waals surface area contributed by atoms with E-state index in [1.165, 1.54) is 18.2 Å². The van der Waals surface area contributed by atoms with Gasteiger partial charge in [-0.3, -0.25) is 4.79 Å². The number of aliphatic hydroxyl groups excluding tert-OH is 1. The Bertz CT molecular complexity index is 443. The summed E-state index contributed by atoms with van der Waals surface area (Å²) < 4.78 is 12.9. The molecule has 0 heterocycles.